The lowest BCUT2D eigenvalue weighted by molar-refractivity contribution is -0.142. The minimum Gasteiger partial charge on any atom is -0.459 e. The quantitative estimate of drug-likeness (QED) is 0.805. The van der Waals surface area contributed by atoms with E-state index in [1.807, 2.05) is 26.8 Å². The van der Waals surface area contributed by atoms with E-state index < -0.39 is 0 Å². The van der Waals surface area contributed by atoms with Gasteiger partial charge in [-0.2, -0.15) is 0 Å². The maximum absolute atomic E-state index is 10.9. The first kappa shape index (κ1) is 17.2. The third kappa shape index (κ3) is 4.19. The van der Waals surface area contributed by atoms with Crippen LogP contribution in [0.1, 0.15) is 32.0 Å². The molecule has 7 heteroatoms. The van der Waals surface area contributed by atoms with Gasteiger partial charge in [0.05, 0.1) is 25.1 Å². The average Bonchev–Trinajstić information content (AvgIpc) is 2.99. The number of hydrogen-bond acceptors (Lipinski definition) is 6. The van der Waals surface area contributed by atoms with Gasteiger partial charge in [0, 0.05) is 20.0 Å². The van der Waals surface area contributed by atoms with Gasteiger partial charge in [-0.05, 0) is 18.6 Å². The van der Waals surface area contributed by atoms with Crippen molar-refractivity contribution in [2.75, 3.05) is 31.2 Å². The molecule has 1 fully saturated rings. The number of esters is 1. The summed E-state index contributed by atoms with van der Waals surface area (Å²) < 4.78 is 12.1. The van der Waals surface area contributed by atoms with E-state index in [2.05, 4.69) is 15.0 Å². The monoisotopic (exact) mass is 320 g/mol. The number of nitrogens with zero attached hydrogens (tertiary/aromatic N) is 4. The van der Waals surface area contributed by atoms with Crippen molar-refractivity contribution in [3.8, 4) is 0 Å². The van der Waals surface area contributed by atoms with Gasteiger partial charge in [-0.15, -0.1) is 5.10 Å². The normalized spacial score (nSPS) is 14.3. The summed E-state index contributed by atoms with van der Waals surface area (Å²) in [6, 6.07) is 2.03. The Morgan fingerprint density at radius 3 is 2.70 bits per heavy atom. The molecule has 3 heterocycles. The summed E-state index contributed by atoms with van der Waals surface area (Å²) in [5, 5.41) is 4.59. The van der Waals surface area contributed by atoms with Crippen LogP contribution in [0.15, 0.2) is 12.3 Å². The first-order valence-electron chi connectivity index (χ1n) is 7.95. The summed E-state index contributed by atoms with van der Waals surface area (Å²) >= 11 is 0. The van der Waals surface area contributed by atoms with Crippen LogP contribution in [0, 0.1) is 6.92 Å². The van der Waals surface area contributed by atoms with E-state index >= 15 is 0 Å². The molecule has 7 nitrogen and oxygen atoms in total. The SMILES string of the molecule is CC.CC(=O)OCc1cn2nc(N3CCOCC3)cc(C)c2n1. The van der Waals surface area contributed by atoms with Gasteiger partial charge in [0.25, 0.3) is 0 Å². The second-order valence-corrected chi connectivity index (χ2v) is 5.07. The number of aromatic nitrogens is 3. The molecule has 2 aromatic rings. The van der Waals surface area contributed by atoms with Crippen molar-refractivity contribution in [1.82, 2.24) is 14.6 Å². The molecule has 0 saturated carbocycles. The Kier molecular flexibility index (Phi) is 5.92. The van der Waals surface area contributed by atoms with Crippen LogP contribution in [0.4, 0.5) is 5.82 Å². The summed E-state index contributed by atoms with van der Waals surface area (Å²) in [5.41, 5.74) is 2.52. The Balaban J connectivity index is 0.000000924. The van der Waals surface area contributed by atoms with Gasteiger partial charge < -0.3 is 14.4 Å². The van der Waals surface area contributed by atoms with Crippen molar-refractivity contribution in [3.05, 3.63) is 23.5 Å². The van der Waals surface area contributed by atoms with Crippen molar-refractivity contribution in [2.24, 2.45) is 0 Å². The molecule has 1 aliphatic heterocycles. The van der Waals surface area contributed by atoms with Gasteiger partial charge in [0.2, 0.25) is 0 Å². The van der Waals surface area contributed by atoms with Crippen molar-refractivity contribution in [2.45, 2.75) is 34.3 Å². The Morgan fingerprint density at radius 1 is 1.35 bits per heavy atom. The summed E-state index contributed by atoms with van der Waals surface area (Å²) in [5.74, 6) is 0.602. The van der Waals surface area contributed by atoms with Crippen molar-refractivity contribution >= 4 is 17.4 Å². The zero-order valence-electron chi connectivity index (χ0n) is 14.2. The van der Waals surface area contributed by atoms with E-state index in [1.54, 1.807) is 10.7 Å². The second kappa shape index (κ2) is 7.92. The largest absolute Gasteiger partial charge is 0.459 e. The third-order valence-electron chi connectivity index (χ3n) is 3.40. The molecular weight excluding hydrogens is 296 g/mol. The van der Waals surface area contributed by atoms with Crippen LogP contribution in [0.5, 0.6) is 0 Å². The summed E-state index contributed by atoms with van der Waals surface area (Å²) in [6.07, 6.45) is 1.80. The molecular formula is C16H24N4O3. The first-order chi connectivity index (χ1) is 11.1. The Labute approximate surface area is 136 Å². The predicted octanol–water partition coefficient (Wildman–Crippen LogP) is 1.96. The molecule has 23 heavy (non-hydrogen) atoms. The fourth-order valence-electron chi connectivity index (χ4n) is 2.35. The molecule has 0 spiro atoms. The number of aryl methyl sites for hydroxylation is 1. The van der Waals surface area contributed by atoms with E-state index in [0.29, 0.717) is 5.69 Å². The molecule has 1 aliphatic rings. The third-order valence-corrected chi connectivity index (χ3v) is 3.40. The number of rotatable bonds is 3. The van der Waals surface area contributed by atoms with Crippen molar-refractivity contribution < 1.29 is 14.3 Å². The van der Waals surface area contributed by atoms with E-state index in [0.717, 1.165) is 43.3 Å². The number of morpholine rings is 1. The molecule has 2 aromatic heterocycles. The highest BCUT2D eigenvalue weighted by molar-refractivity contribution is 5.65. The molecule has 0 amide bonds. The summed E-state index contributed by atoms with van der Waals surface area (Å²) in [6.45, 7) is 10.7. The lowest BCUT2D eigenvalue weighted by Crippen LogP contribution is -2.37. The smallest absolute Gasteiger partial charge is 0.303 e. The predicted molar refractivity (Wildman–Crippen MR) is 87.6 cm³/mol. The lowest BCUT2D eigenvalue weighted by atomic mass is 10.3. The highest BCUT2D eigenvalue weighted by Gasteiger charge is 2.15. The van der Waals surface area contributed by atoms with Crippen molar-refractivity contribution in [3.63, 3.8) is 0 Å². The average molecular weight is 320 g/mol. The van der Waals surface area contributed by atoms with E-state index in [4.69, 9.17) is 9.47 Å². The number of carbonyl (C=O) groups excluding carboxylic acids is 1. The molecule has 126 valence electrons. The Hall–Kier alpha value is -2.15. The molecule has 0 unspecified atom stereocenters. The Bertz CT molecular complexity index is 663. The molecule has 0 bridgehead atoms. The number of carbonyl (C=O) groups is 1. The summed E-state index contributed by atoms with van der Waals surface area (Å²) in [7, 11) is 0. The minimum absolute atomic E-state index is 0.172. The van der Waals surface area contributed by atoms with Gasteiger partial charge in [0.15, 0.2) is 5.65 Å². The van der Waals surface area contributed by atoms with Crippen LogP contribution in [-0.4, -0.2) is 46.9 Å². The van der Waals surface area contributed by atoms with E-state index in [1.165, 1.54) is 6.92 Å². The molecule has 0 N–H and O–H groups in total. The number of fused-ring (bicyclic) bond motifs is 1. The maximum atomic E-state index is 10.9. The fourth-order valence-corrected chi connectivity index (χ4v) is 2.35. The number of anilines is 1. The number of imidazole rings is 1. The number of hydrogen-bond donors (Lipinski definition) is 0. The first-order valence-corrected chi connectivity index (χ1v) is 7.95. The van der Waals surface area contributed by atoms with Crippen LogP contribution >= 0.6 is 0 Å². The van der Waals surface area contributed by atoms with Crippen LogP contribution < -0.4 is 4.90 Å². The van der Waals surface area contributed by atoms with Gasteiger partial charge in [-0.3, -0.25) is 4.79 Å². The van der Waals surface area contributed by atoms with E-state index in [-0.39, 0.29) is 12.6 Å². The molecule has 3 rings (SSSR count). The standard InChI is InChI=1S/C14H18N4O3.C2H6/c1-10-7-13(17-3-5-20-6-4-17)16-18-8-12(15-14(10)18)9-21-11(2)19;1-2/h7-8H,3-6,9H2,1-2H3;1-2H3. The van der Waals surface area contributed by atoms with Crippen LogP contribution in [0.25, 0.3) is 5.65 Å². The van der Waals surface area contributed by atoms with Gasteiger partial charge >= 0.3 is 5.97 Å². The van der Waals surface area contributed by atoms with Crippen LogP contribution in [-0.2, 0) is 20.9 Å². The molecule has 1 saturated heterocycles. The minimum atomic E-state index is -0.314. The van der Waals surface area contributed by atoms with Crippen LogP contribution in [0.3, 0.4) is 0 Å². The highest BCUT2D eigenvalue weighted by atomic mass is 16.5. The van der Waals surface area contributed by atoms with Crippen LogP contribution in [0.2, 0.25) is 0 Å². The molecule has 0 atom stereocenters. The van der Waals surface area contributed by atoms with Crippen molar-refractivity contribution in [1.29, 1.82) is 0 Å². The topological polar surface area (TPSA) is 69.0 Å². The number of ether oxygens (including phenoxy) is 2. The maximum Gasteiger partial charge on any atom is 0.303 e. The summed E-state index contributed by atoms with van der Waals surface area (Å²) in [4.78, 5) is 17.5. The lowest BCUT2D eigenvalue weighted by Gasteiger charge is -2.27. The zero-order chi connectivity index (χ0) is 16.8. The Morgan fingerprint density at radius 2 is 2.04 bits per heavy atom. The molecule has 0 aliphatic carbocycles. The molecule has 0 aromatic carbocycles. The van der Waals surface area contributed by atoms with Gasteiger partial charge in [-0.25, -0.2) is 9.50 Å². The fraction of sp³-hybridized carbons (Fsp3) is 0.562. The van der Waals surface area contributed by atoms with Gasteiger partial charge in [0.1, 0.15) is 12.4 Å². The van der Waals surface area contributed by atoms with Gasteiger partial charge in [-0.1, -0.05) is 13.8 Å². The second-order valence-electron chi connectivity index (χ2n) is 5.07. The highest BCUT2D eigenvalue weighted by Crippen LogP contribution is 2.18. The molecule has 0 radical (unpaired) electrons. The van der Waals surface area contributed by atoms with E-state index in [9.17, 15) is 4.79 Å². The zero-order valence-corrected chi connectivity index (χ0v) is 14.2.